The highest BCUT2D eigenvalue weighted by atomic mass is 16.5. The van der Waals surface area contributed by atoms with Crippen LogP contribution in [0.2, 0.25) is 0 Å². The fourth-order valence-electron chi connectivity index (χ4n) is 3.09. The first-order valence-corrected chi connectivity index (χ1v) is 9.36. The van der Waals surface area contributed by atoms with Crippen molar-refractivity contribution in [3.8, 4) is 0 Å². The monoisotopic (exact) mass is 418 g/mol. The minimum absolute atomic E-state index is 0.0440. The Hall–Kier alpha value is -4.34. The lowest BCUT2D eigenvalue weighted by molar-refractivity contribution is -0.145. The lowest BCUT2D eigenvalue weighted by atomic mass is 10.1. The first kappa shape index (κ1) is 20.0. The van der Waals surface area contributed by atoms with Crippen molar-refractivity contribution in [1.29, 1.82) is 0 Å². The van der Waals surface area contributed by atoms with E-state index in [1.807, 2.05) is 31.2 Å². The highest BCUT2D eigenvalue weighted by molar-refractivity contribution is 6.22. The maximum atomic E-state index is 12.3. The van der Waals surface area contributed by atoms with Gasteiger partial charge in [0.2, 0.25) is 11.9 Å². The van der Waals surface area contributed by atoms with Gasteiger partial charge in [-0.3, -0.25) is 19.3 Å². The van der Waals surface area contributed by atoms with Crippen LogP contribution >= 0.6 is 0 Å². The molecule has 0 fully saturated rings. The Labute approximate surface area is 177 Å². The van der Waals surface area contributed by atoms with Gasteiger partial charge in [0.05, 0.1) is 11.1 Å². The number of para-hydroxylation sites is 1. The van der Waals surface area contributed by atoms with E-state index in [9.17, 15) is 14.4 Å². The van der Waals surface area contributed by atoms with Crippen LogP contribution < -0.4 is 11.1 Å². The minimum Gasteiger partial charge on any atom is -0.456 e. The number of carbonyl (C=O) groups excluding carboxylic acids is 3. The summed E-state index contributed by atoms with van der Waals surface area (Å²) in [5.41, 5.74) is 8.03. The van der Waals surface area contributed by atoms with Crippen molar-refractivity contribution in [2.75, 3.05) is 17.6 Å². The Bertz CT molecular complexity index is 1160. The normalized spacial score (nSPS) is 12.6. The van der Waals surface area contributed by atoms with E-state index >= 15 is 0 Å². The van der Waals surface area contributed by atoms with E-state index in [4.69, 9.17) is 10.5 Å². The molecule has 0 atom stereocenters. The molecule has 2 amide bonds. The number of nitrogen functional groups attached to an aromatic ring is 1. The average Bonchev–Trinajstić information content (AvgIpc) is 2.99. The molecule has 4 rings (SSSR count). The summed E-state index contributed by atoms with van der Waals surface area (Å²) in [6.45, 7) is 1.12. The Morgan fingerprint density at radius 1 is 1.00 bits per heavy atom. The minimum atomic E-state index is -0.776. The van der Waals surface area contributed by atoms with Gasteiger partial charge >= 0.3 is 5.97 Å². The summed E-state index contributed by atoms with van der Waals surface area (Å²) in [4.78, 5) is 50.0. The van der Waals surface area contributed by atoms with Crippen LogP contribution in [0, 0.1) is 6.92 Å². The second-order valence-corrected chi connectivity index (χ2v) is 6.78. The van der Waals surface area contributed by atoms with E-state index in [1.54, 1.807) is 12.1 Å². The number of anilines is 3. The molecule has 2 aromatic carbocycles. The molecule has 3 aromatic rings. The fraction of sp³-hybridized carbons (Fsp3) is 0.143. The number of imide groups is 1. The lowest BCUT2D eigenvalue weighted by Gasteiger charge is -2.13. The number of nitrogens with two attached hydrogens (primary N) is 1. The summed E-state index contributed by atoms with van der Waals surface area (Å²) in [7, 11) is 0. The van der Waals surface area contributed by atoms with E-state index < -0.39 is 24.3 Å². The quantitative estimate of drug-likeness (QED) is 0.453. The molecule has 3 N–H and O–H groups in total. The van der Waals surface area contributed by atoms with Gasteiger partial charge < -0.3 is 15.8 Å². The number of carbonyl (C=O) groups is 3. The van der Waals surface area contributed by atoms with Crippen molar-refractivity contribution >= 4 is 35.4 Å². The molecule has 10 nitrogen and oxygen atoms in total. The van der Waals surface area contributed by atoms with Crippen molar-refractivity contribution in [3.63, 3.8) is 0 Å². The van der Waals surface area contributed by atoms with Crippen LogP contribution in [0.1, 0.15) is 32.1 Å². The van der Waals surface area contributed by atoms with Gasteiger partial charge in [-0.15, -0.1) is 0 Å². The van der Waals surface area contributed by atoms with Gasteiger partial charge in [-0.2, -0.15) is 15.0 Å². The summed E-state index contributed by atoms with van der Waals surface area (Å²) in [5, 5.41) is 3.04. The van der Waals surface area contributed by atoms with Crippen LogP contribution in [0.3, 0.4) is 0 Å². The second kappa shape index (κ2) is 8.19. The number of nitrogens with zero attached hydrogens (tertiary/aromatic N) is 4. The van der Waals surface area contributed by atoms with Crippen molar-refractivity contribution in [1.82, 2.24) is 19.9 Å². The van der Waals surface area contributed by atoms with Crippen molar-refractivity contribution in [3.05, 3.63) is 71.0 Å². The molecule has 0 saturated heterocycles. The van der Waals surface area contributed by atoms with Crippen molar-refractivity contribution in [2.45, 2.75) is 13.5 Å². The number of ether oxygens (including phenoxy) is 1. The molecule has 0 spiro atoms. The van der Waals surface area contributed by atoms with Crippen LogP contribution in [-0.2, 0) is 16.1 Å². The summed E-state index contributed by atoms with van der Waals surface area (Å²) in [6.07, 6.45) is 0. The maximum absolute atomic E-state index is 12.3. The van der Waals surface area contributed by atoms with E-state index in [-0.39, 0.29) is 35.5 Å². The molecule has 0 unspecified atom stereocenters. The molecule has 31 heavy (non-hydrogen) atoms. The molecule has 0 bridgehead atoms. The molecule has 1 aliphatic heterocycles. The second-order valence-electron chi connectivity index (χ2n) is 6.78. The number of aryl methyl sites for hydroxylation is 1. The van der Waals surface area contributed by atoms with Gasteiger partial charge in [-0.05, 0) is 30.7 Å². The SMILES string of the molecule is Cc1ccccc1Nc1nc(N)nc(COC(=O)CN2C(=O)c3ccccc3C2=O)n1. The predicted molar refractivity (Wildman–Crippen MR) is 110 cm³/mol. The number of hydrogen-bond acceptors (Lipinski definition) is 9. The predicted octanol–water partition coefficient (Wildman–Crippen LogP) is 1.85. The standard InChI is InChI=1S/C21H18N6O4/c1-12-6-2-5-9-15(12)23-21-25-16(24-20(22)26-21)11-31-17(28)10-27-18(29)13-7-3-4-8-14(13)19(27)30/h2-9H,10-11H2,1H3,(H3,22,23,24,25,26). The van der Waals surface area contributed by atoms with Crippen LogP contribution in [0.15, 0.2) is 48.5 Å². The fourth-order valence-corrected chi connectivity index (χ4v) is 3.09. The third-order valence-corrected chi connectivity index (χ3v) is 4.62. The van der Waals surface area contributed by atoms with Crippen molar-refractivity contribution in [2.24, 2.45) is 0 Å². The van der Waals surface area contributed by atoms with Gasteiger partial charge in [0.25, 0.3) is 11.8 Å². The molecule has 0 aliphatic carbocycles. The van der Waals surface area contributed by atoms with E-state index in [2.05, 4.69) is 20.3 Å². The highest BCUT2D eigenvalue weighted by Gasteiger charge is 2.36. The number of nitrogens with one attached hydrogen (secondary N) is 1. The largest absolute Gasteiger partial charge is 0.456 e. The summed E-state index contributed by atoms with van der Waals surface area (Å²) >= 11 is 0. The molecule has 156 valence electrons. The average molecular weight is 418 g/mol. The highest BCUT2D eigenvalue weighted by Crippen LogP contribution is 2.22. The number of esters is 1. The van der Waals surface area contributed by atoms with E-state index in [0.717, 1.165) is 16.2 Å². The first-order valence-electron chi connectivity index (χ1n) is 9.36. The van der Waals surface area contributed by atoms with Gasteiger partial charge in [0.15, 0.2) is 12.4 Å². The molecule has 2 heterocycles. The molecular formula is C21H18N6O4. The number of amides is 2. The van der Waals surface area contributed by atoms with Crippen LogP contribution in [0.25, 0.3) is 0 Å². The Morgan fingerprint density at radius 3 is 2.32 bits per heavy atom. The first-order chi connectivity index (χ1) is 14.9. The topological polar surface area (TPSA) is 140 Å². The third kappa shape index (κ3) is 4.17. The molecule has 1 aromatic heterocycles. The summed E-state index contributed by atoms with van der Waals surface area (Å²) in [5.74, 6) is -1.56. The zero-order valence-electron chi connectivity index (χ0n) is 16.5. The number of benzene rings is 2. The number of rotatable bonds is 6. The van der Waals surface area contributed by atoms with Crippen LogP contribution in [0.5, 0.6) is 0 Å². The summed E-state index contributed by atoms with van der Waals surface area (Å²) in [6, 6.07) is 13.9. The van der Waals surface area contributed by atoms with Gasteiger partial charge in [0, 0.05) is 5.69 Å². The smallest absolute Gasteiger partial charge is 0.326 e. The Balaban J connectivity index is 1.40. The molecule has 10 heteroatoms. The molecule has 0 radical (unpaired) electrons. The van der Waals surface area contributed by atoms with Gasteiger partial charge in [-0.25, -0.2) is 0 Å². The molecular weight excluding hydrogens is 400 g/mol. The van der Waals surface area contributed by atoms with Crippen LogP contribution in [-0.4, -0.2) is 44.2 Å². The van der Waals surface area contributed by atoms with Crippen LogP contribution in [0.4, 0.5) is 17.6 Å². The summed E-state index contributed by atoms with van der Waals surface area (Å²) < 4.78 is 5.15. The molecule has 1 aliphatic rings. The van der Waals surface area contributed by atoms with Gasteiger partial charge in [-0.1, -0.05) is 30.3 Å². The Kier molecular flexibility index (Phi) is 5.27. The van der Waals surface area contributed by atoms with E-state index in [1.165, 1.54) is 12.1 Å². The molecule has 0 saturated carbocycles. The van der Waals surface area contributed by atoms with E-state index in [0.29, 0.717) is 0 Å². The zero-order valence-corrected chi connectivity index (χ0v) is 16.5. The maximum Gasteiger partial charge on any atom is 0.326 e. The number of fused-ring (bicyclic) bond motifs is 1. The van der Waals surface area contributed by atoms with Gasteiger partial charge in [0.1, 0.15) is 6.54 Å². The third-order valence-electron chi connectivity index (χ3n) is 4.62. The number of hydrogen-bond donors (Lipinski definition) is 2. The number of aromatic nitrogens is 3. The zero-order chi connectivity index (χ0) is 22.0. The van der Waals surface area contributed by atoms with Crippen molar-refractivity contribution < 1.29 is 19.1 Å². The Morgan fingerprint density at radius 2 is 1.65 bits per heavy atom. The lowest BCUT2D eigenvalue weighted by Crippen LogP contribution is -2.35.